The summed E-state index contributed by atoms with van der Waals surface area (Å²) in [6.45, 7) is 2.56. The lowest BCUT2D eigenvalue weighted by atomic mass is 9.97. The molecule has 31 heavy (non-hydrogen) atoms. The highest BCUT2D eigenvalue weighted by atomic mass is 16.2. The molecule has 0 spiro atoms. The number of benzene rings is 2. The van der Waals surface area contributed by atoms with E-state index in [9.17, 15) is 9.59 Å². The van der Waals surface area contributed by atoms with Crippen LogP contribution in [-0.2, 0) is 24.8 Å². The summed E-state index contributed by atoms with van der Waals surface area (Å²) in [5.41, 5.74) is 7.30. The second kappa shape index (κ2) is 7.47. The molecule has 2 aliphatic rings. The van der Waals surface area contributed by atoms with Crippen molar-refractivity contribution >= 4 is 23.0 Å². The van der Waals surface area contributed by atoms with E-state index in [4.69, 9.17) is 0 Å². The summed E-state index contributed by atoms with van der Waals surface area (Å²) >= 11 is 0. The van der Waals surface area contributed by atoms with Crippen molar-refractivity contribution < 1.29 is 4.79 Å². The molecule has 0 unspecified atom stereocenters. The monoisotopic (exact) mass is 410 g/mol. The van der Waals surface area contributed by atoms with E-state index >= 15 is 0 Å². The van der Waals surface area contributed by atoms with Gasteiger partial charge in [-0.05, 0) is 35.7 Å². The molecule has 154 valence electrons. The van der Waals surface area contributed by atoms with E-state index in [1.807, 2.05) is 43.3 Å². The molecule has 1 N–H and O–H groups in total. The molecule has 0 bridgehead atoms. The molecule has 2 aliphatic heterocycles. The van der Waals surface area contributed by atoms with Crippen LogP contribution in [-0.4, -0.2) is 21.9 Å². The predicted octanol–water partition coefficient (Wildman–Crippen LogP) is 3.24. The molecule has 6 nitrogen and oxygen atoms in total. The van der Waals surface area contributed by atoms with Gasteiger partial charge in [0, 0.05) is 36.9 Å². The van der Waals surface area contributed by atoms with Crippen molar-refractivity contribution in [1.29, 1.82) is 0 Å². The van der Waals surface area contributed by atoms with Crippen LogP contribution in [0.2, 0.25) is 0 Å². The van der Waals surface area contributed by atoms with Crippen LogP contribution in [0, 0.1) is 0 Å². The number of nitrogens with zero attached hydrogens (tertiary/aromatic N) is 3. The van der Waals surface area contributed by atoms with Gasteiger partial charge in [-0.3, -0.25) is 14.6 Å². The summed E-state index contributed by atoms with van der Waals surface area (Å²) in [6, 6.07) is 17.3. The van der Waals surface area contributed by atoms with E-state index < -0.39 is 0 Å². The molecular weight excluding hydrogens is 388 g/mol. The Morgan fingerprint density at radius 3 is 2.68 bits per heavy atom. The Morgan fingerprint density at radius 2 is 1.90 bits per heavy atom. The molecule has 2 aromatic carbocycles. The third-order valence-electron chi connectivity index (χ3n) is 5.85. The lowest BCUT2D eigenvalue weighted by Crippen LogP contribution is -2.33. The molecule has 1 aromatic heterocycles. The minimum absolute atomic E-state index is 0.0542. The summed E-state index contributed by atoms with van der Waals surface area (Å²) in [5, 5.41) is 3.05. The van der Waals surface area contributed by atoms with Crippen LogP contribution in [0.4, 0.5) is 5.69 Å². The summed E-state index contributed by atoms with van der Waals surface area (Å²) < 4.78 is 1.55. The van der Waals surface area contributed by atoms with Crippen molar-refractivity contribution in [1.82, 2.24) is 9.88 Å². The maximum Gasteiger partial charge on any atom is 0.266 e. The molecule has 1 amide bonds. The van der Waals surface area contributed by atoms with Gasteiger partial charge in [0.25, 0.3) is 5.91 Å². The number of nitrogens with one attached hydrogen (secondary N) is 1. The van der Waals surface area contributed by atoms with Crippen molar-refractivity contribution in [3.63, 3.8) is 0 Å². The van der Waals surface area contributed by atoms with E-state index in [0.29, 0.717) is 18.7 Å². The summed E-state index contributed by atoms with van der Waals surface area (Å²) in [6.07, 6.45) is 2.32. The number of carbonyl (C=O) groups excluding carboxylic acids is 1. The second-order valence-corrected chi connectivity index (χ2v) is 8.01. The number of rotatable bonds is 4. The SMILES string of the molecule is C[C@@H](NC(=O)C1=Nc2cc3c(cc2C1)CN=C3c1ccc(=O)n(C)c1)c1ccccc1. The molecule has 3 aromatic rings. The standard InChI is InChI=1S/C25H22N4O2/c1-15(16-6-4-3-5-7-16)27-25(31)22-11-18-10-19-13-26-24(20(19)12-21(18)28-22)17-8-9-23(30)29(2)14-17/h3-10,12,14-15H,11,13H2,1-2H3,(H,27,31)/t15-/m1/s1. The van der Waals surface area contributed by atoms with Gasteiger partial charge in [-0.25, -0.2) is 4.99 Å². The Morgan fingerprint density at radius 1 is 1.10 bits per heavy atom. The van der Waals surface area contributed by atoms with Crippen LogP contribution in [0.25, 0.3) is 0 Å². The number of hydrogen-bond acceptors (Lipinski definition) is 4. The van der Waals surface area contributed by atoms with E-state index in [-0.39, 0.29) is 17.5 Å². The summed E-state index contributed by atoms with van der Waals surface area (Å²) in [7, 11) is 1.73. The molecule has 6 heteroatoms. The van der Waals surface area contributed by atoms with Crippen LogP contribution < -0.4 is 10.9 Å². The van der Waals surface area contributed by atoms with E-state index in [2.05, 4.69) is 21.4 Å². The maximum absolute atomic E-state index is 12.8. The molecule has 5 rings (SSSR count). The zero-order chi connectivity index (χ0) is 21.5. The van der Waals surface area contributed by atoms with Crippen LogP contribution in [0.15, 0.2) is 75.6 Å². The van der Waals surface area contributed by atoms with Gasteiger partial charge in [-0.1, -0.05) is 36.4 Å². The average molecular weight is 410 g/mol. The molecule has 0 radical (unpaired) electrons. The van der Waals surface area contributed by atoms with Crippen molar-refractivity contribution in [3.05, 3.63) is 99.0 Å². The second-order valence-electron chi connectivity index (χ2n) is 8.01. The fourth-order valence-electron chi connectivity index (χ4n) is 4.11. The molecule has 0 aliphatic carbocycles. The maximum atomic E-state index is 12.8. The van der Waals surface area contributed by atoms with Gasteiger partial charge in [0.1, 0.15) is 5.71 Å². The number of carbonyl (C=O) groups is 1. The third-order valence-corrected chi connectivity index (χ3v) is 5.85. The summed E-state index contributed by atoms with van der Waals surface area (Å²) in [4.78, 5) is 33.8. The van der Waals surface area contributed by atoms with Crippen LogP contribution in [0.1, 0.15) is 40.8 Å². The van der Waals surface area contributed by atoms with Gasteiger partial charge in [0.15, 0.2) is 0 Å². The lowest BCUT2D eigenvalue weighted by molar-refractivity contribution is -0.115. The highest BCUT2D eigenvalue weighted by Crippen LogP contribution is 2.34. The number of aromatic nitrogens is 1. The average Bonchev–Trinajstić information content (AvgIpc) is 3.38. The molecule has 0 saturated heterocycles. The highest BCUT2D eigenvalue weighted by molar-refractivity contribution is 6.41. The minimum Gasteiger partial charge on any atom is -0.344 e. The third kappa shape index (κ3) is 3.50. The molecule has 0 fully saturated rings. The Hall–Kier alpha value is -3.80. The van der Waals surface area contributed by atoms with Crippen LogP contribution in [0.3, 0.4) is 0 Å². The first kappa shape index (κ1) is 19.2. The van der Waals surface area contributed by atoms with E-state index in [1.54, 1.807) is 29.9 Å². The Labute approximate surface area is 180 Å². The first-order valence-corrected chi connectivity index (χ1v) is 10.3. The Balaban J connectivity index is 1.39. The first-order chi connectivity index (χ1) is 15.0. The zero-order valence-electron chi connectivity index (χ0n) is 17.4. The first-order valence-electron chi connectivity index (χ1n) is 10.3. The van der Waals surface area contributed by atoms with Crippen LogP contribution in [0.5, 0.6) is 0 Å². The topological polar surface area (TPSA) is 75.8 Å². The lowest BCUT2D eigenvalue weighted by Gasteiger charge is -2.14. The smallest absolute Gasteiger partial charge is 0.266 e. The molecule has 1 atom stereocenters. The van der Waals surface area contributed by atoms with Crippen molar-refractivity contribution in [2.24, 2.45) is 17.0 Å². The number of hydrogen-bond donors (Lipinski definition) is 1. The largest absolute Gasteiger partial charge is 0.344 e. The van der Waals surface area contributed by atoms with Crippen LogP contribution >= 0.6 is 0 Å². The number of fused-ring (bicyclic) bond motifs is 2. The summed E-state index contributed by atoms with van der Waals surface area (Å²) in [5.74, 6) is -0.139. The number of aryl methyl sites for hydroxylation is 1. The van der Waals surface area contributed by atoms with Gasteiger partial charge < -0.3 is 9.88 Å². The van der Waals surface area contributed by atoms with Gasteiger partial charge in [-0.2, -0.15) is 0 Å². The predicted molar refractivity (Wildman–Crippen MR) is 121 cm³/mol. The quantitative estimate of drug-likeness (QED) is 0.717. The minimum atomic E-state index is -0.139. The van der Waals surface area contributed by atoms with E-state index in [0.717, 1.165) is 39.2 Å². The fraction of sp³-hybridized carbons (Fsp3) is 0.200. The molecule has 3 heterocycles. The van der Waals surface area contributed by atoms with Crippen molar-refractivity contribution in [2.45, 2.75) is 25.9 Å². The normalized spacial score (nSPS) is 15.0. The van der Waals surface area contributed by atoms with Crippen molar-refractivity contribution in [2.75, 3.05) is 0 Å². The number of pyridine rings is 1. The number of amides is 1. The highest BCUT2D eigenvalue weighted by Gasteiger charge is 2.26. The number of aliphatic imine (C=N–C) groups is 2. The van der Waals surface area contributed by atoms with Gasteiger partial charge in [-0.15, -0.1) is 0 Å². The Kier molecular flexibility index (Phi) is 4.62. The fourth-order valence-corrected chi connectivity index (χ4v) is 4.11. The molecule has 0 saturated carbocycles. The van der Waals surface area contributed by atoms with Crippen molar-refractivity contribution in [3.8, 4) is 0 Å². The van der Waals surface area contributed by atoms with E-state index in [1.165, 1.54) is 0 Å². The van der Waals surface area contributed by atoms with Gasteiger partial charge in [0.2, 0.25) is 5.56 Å². The zero-order valence-corrected chi connectivity index (χ0v) is 17.4. The van der Waals surface area contributed by atoms with Gasteiger partial charge in [0.05, 0.1) is 24.0 Å². The molecular formula is C25H22N4O2. The van der Waals surface area contributed by atoms with Gasteiger partial charge >= 0.3 is 0 Å². The Bertz CT molecular complexity index is 1320.